The molecule has 2 N–H and O–H groups in total. The number of halogens is 1. The average Bonchev–Trinajstić information content (AvgIpc) is 2.88. The minimum Gasteiger partial charge on any atom is -0.422 e. The summed E-state index contributed by atoms with van der Waals surface area (Å²) >= 11 is 3.35. The van der Waals surface area contributed by atoms with E-state index in [1.54, 1.807) is 36.4 Å². The van der Waals surface area contributed by atoms with Gasteiger partial charge in [0.05, 0.1) is 22.1 Å². The van der Waals surface area contributed by atoms with E-state index in [0.717, 1.165) is 4.47 Å². The molecule has 5 rings (SSSR count). The first-order chi connectivity index (χ1) is 17.8. The van der Waals surface area contributed by atoms with E-state index in [1.165, 1.54) is 48.8 Å². The molecular weight excluding hydrogens is 560 g/mol. The highest BCUT2D eigenvalue weighted by atomic mass is 79.9. The molecule has 0 aliphatic carbocycles. The van der Waals surface area contributed by atoms with Crippen LogP contribution in [0, 0.1) is 0 Å². The van der Waals surface area contributed by atoms with Crippen molar-refractivity contribution in [1.29, 1.82) is 0 Å². The molecule has 0 atom stereocenters. The monoisotopic (exact) mass is 576 g/mol. The highest BCUT2D eigenvalue weighted by molar-refractivity contribution is 9.10. The lowest BCUT2D eigenvalue weighted by molar-refractivity contribution is 0.104. The summed E-state index contributed by atoms with van der Waals surface area (Å²) in [6.45, 7) is 0. The van der Waals surface area contributed by atoms with Crippen molar-refractivity contribution < 1.29 is 17.6 Å². The fraction of sp³-hybridized carbons (Fsp3) is 0. The Morgan fingerprint density at radius 3 is 2.51 bits per heavy atom. The summed E-state index contributed by atoms with van der Waals surface area (Å²) in [6, 6.07) is 19.6. The largest absolute Gasteiger partial charge is 0.422 e. The second-order valence-corrected chi connectivity index (χ2v) is 10.4. The minimum absolute atomic E-state index is 0.0213. The Balaban J connectivity index is 1.26. The van der Waals surface area contributed by atoms with Gasteiger partial charge in [-0.15, -0.1) is 0 Å². The molecule has 2 aromatic heterocycles. The number of hydrogen-bond acceptors (Lipinski definition) is 8. The molecule has 2 heterocycles. The molecule has 3 aromatic carbocycles. The normalized spacial score (nSPS) is 11.7. The first-order valence-corrected chi connectivity index (χ1v) is 13.1. The van der Waals surface area contributed by atoms with Crippen LogP contribution in [0.2, 0.25) is 0 Å². The number of ketones is 1. The van der Waals surface area contributed by atoms with Crippen LogP contribution in [-0.2, 0) is 10.0 Å². The van der Waals surface area contributed by atoms with Crippen LogP contribution < -0.4 is 15.7 Å². The lowest BCUT2D eigenvalue weighted by Gasteiger charge is -2.08. The second-order valence-electron chi connectivity index (χ2n) is 7.85. The van der Waals surface area contributed by atoms with Crippen molar-refractivity contribution in [3.8, 4) is 0 Å². The zero-order chi connectivity index (χ0) is 26.0. The third kappa shape index (κ3) is 5.42. The third-order valence-electron chi connectivity index (χ3n) is 5.30. The number of allylic oxidation sites excluding steroid dienone is 1. The molecule has 0 saturated carbocycles. The standard InChI is InChI=1S/C26H17BrN4O5S/c27-17-5-10-24-16(13-17)14-20(26(33)36-24)23(32)11-12-28-18-6-8-19(9-7-18)37(34,35)31-25-15-29-21-3-1-2-4-22(21)30-25/h1-15,28H,(H,30,31)/b12-11+. The van der Waals surface area contributed by atoms with Gasteiger partial charge in [0.1, 0.15) is 11.1 Å². The summed E-state index contributed by atoms with van der Waals surface area (Å²) in [6.07, 6.45) is 3.91. The number of anilines is 2. The molecule has 0 spiro atoms. The Bertz CT molecular complexity index is 1850. The van der Waals surface area contributed by atoms with Crippen molar-refractivity contribution in [2.45, 2.75) is 4.90 Å². The summed E-state index contributed by atoms with van der Waals surface area (Å²) in [5.74, 6) is -0.434. The Hall–Kier alpha value is -4.35. The molecule has 184 valence electrons. The van der Waals surface area contributed by atoms with Gasteiger partial charge in [-0.1, -0.05) is 28.1 Å². The summed E-state index contributed by atoms with van der Waals surface area (Å²) < 4.78 is 33.9. The SMILES string of the molecule is O=C(/C=C/Nc1ccc(S(=O)(=O)Nc2cnc3ccccc3n2)cc1)c1cc2cc(Br)ccc2oc1=O. The summed E-state index contributed by atoms with van der Waals surface area (Å²) in [5, 5.41) is 3.49. The number of nitrogens with one attached hydrogen (secondary N) is 2. The Morgan fingerprint density at radius 2 is 1.73 bits per heavy atom. The van der Waals surface area contributed by atoms with Crippen molar-refractivity contribution in [3.63, 3.8) is 0 Å². The highest BCUT2D eigenvalue weighted by Crippen LogP contribution is 2.20. The maximum atomic E-state index is 12.8. The Morgan fingerprint density at radius 1 is 0.973 bits per heavy atom. The van der Waals surface area contributed by atoms with Gasteiger partial charge in [0.2, 0.25) is 0 Å². The molecule has 0 aliphatic heterocycles. The zero-order valence-corrected chi connectivity index (χ0v) is 21.3. The molecule has 0 fully saturated rings. The number of fused-ring (bicyclic) bond motifs is 2. The fourth-order valence-electron chi connectivity index (χ4n) is 3.50. The molecule has 0 aliphatic rings. The molecule has 11 heteroatoms. The van der Waals surface area contributed by atoms with Crippen LogP contribution >= 0.6 is 15.9 Å². The number of aromatic nitrogens is 2. The number of carbonyl (C=O) groups excluding carboxylic acids is 1. The summed E-state index contributed by atoms with van der Waals surface area (Å²) in [5.41, 5.74) is 1.29. The highest BCUT2D eigenvalue weighted by Gasteiger charge is 2.16. The van der Waals surface area contributed by atoms with E-state index < -0.39 is 21.4 Å². The second kappa shape index (κ2) is 9.96. The van der Waals surface area contributed by atoms with E-state index in [0.29, 0.717) is 27.7 Å². The molecule has 0 amide bonds. The molecule has 37 heavy (non-hydrogen) atoms. The van der Waals surface area contributed by atoms with Crippen molar-refractivity contribution in [1.82, 2.24) is 9.97 Å². The molecule has 9 nitrogen and oxygen atoms in total. The van der Waals surface area contributed by atoms with E-state index in [4.69, 9.17) is 4.42 Å². The van der Waals surface area contributed by atoms with Crippen LogP contribution in [0.4, 0.5) is 11.5 Å². The van der Waals surface area contributed by atoms with Crippen molar-refractivity contribution in [3.05, 3.63) is 112 Å². The van der Waals surface area contributed by atoms with Crippen LogP contribution in [0.3, 0.4) is 0 Å². The maximum absolute atomic E-state index is 12.8. The number of rotatable bonds is 7. The topological polar surface area (TPSA) is 131 Å². The average molecular weight is 577 g/mol. The van der Waals surface area contributed by atoms with Gasteiger partial charge in [0.25, 0.3) is 10.0 Å². The van der Waals surface area contributed by atoms with Crippen molar-refractivity contribution in [2.24, 2.45) is 0 Å². The van der Waals surface area contributed by atoms with Crippen LogP contribution in [-0.4, -0.2) is 24.2 Å². The fourth-order valence-corrected chi connectivity index (χ4v) is 4.87. The van der Waals surface area contributed by atoms with E-state index in [2.05, 4.69) is 35.9 Å². The number of para-hydroxylation sites is 2. The number of carbonyl (C=O) groups is 1. The predicted octanol–water partition coefficient (Wildman–Crippen LogP) is 5.11. The number of hydrogen-bond donors (Lipinski definition) is 2. The van der Waals surface area contributed by atoms with E-state index in [9.17, 15) is 18.0 Å². The van der Waals surface area contributed by atoms with Gasteiger partial charge in [0, 0.05) is 27.8 Å². The summed E-state index contributed by atoms with van der Waals surface area (Å²) in [7, 11) is -3.90. The Kier molecular flexibility index (Phi) is 6.55. The van der Waals surface area contributed by atoms with Crippen LogP contribution in [0.25, 0.3) is 22.0 Å². The molecule has 0 saturated heterocycles. The number of benzene rings is 3. The smallest absolute Gasteiger partial charge is 0.347 e. The van der Waals surface area contributed by atoms with Crippen LogP contribution in [0.1, 0.15) is 10.4 Å². The van der Waals surface area contributed by atoms with Gasteiger partial charge in [-0.2, -0.15) is 0 Å². The minimum atomic E-state index is -3.90. The van der Waals surface area contributed by atoms with Gasteiger partial charge < -0.3 is 9.73 Å². The maximum Gasteiger partial charge on any atom is 0.347 e. The van der Waals surface area contributed by atoms with Gasteiger partial charge in [0.15, 0.2) is 11.6 Å². The van der Waals surface area contributed by atoms with Gasteiger partial charge >= 0.3 is 5.63 Å². The lowest BCUT2D eigenvalue weighted by Crippen LogP contribution is -2.14. The molecule has 0 unspecified atom stereocenters. The van der Waals surface area contributed by atoms with Crippen molar-refractivity contribution >= 4 is 65.2 Å². The molecular formula is C26H17BrN4O5S. The van der Waals surface area contributed by atoms with E-state index in [-0.39, 0.29) is 16.3 Å². The van der Waals surface area contributed by atoms with Gasteiger partial charge in [-0.25, -0.2) is 18.2 Å². The predicted molar refractivity (Wildman–Crippen MR) is 144 cm³/mol. The lowest BCUT2D eigenvalue weighted by atomic mass is 10.1. The molecule has 5 aromatic rings. The Labute approximate surface area is 219 Å². The third-order valence-corrected chi connectivity index (χ3v) is 7.16. The quantitative estimate of drug-likeness (QED) is 0.155. The van der Waals surface area contributed by atoms with Crippen LogP contribution in [0.15, 0.2) is 110 Å². The van der Waals surface area contributed by atoms with Gasteiger partial charge in [-0.05, 0) is 60.7 Å². The van der Waals surface area contributed by atoms with E-state index >= 15 is 0 Å². The zero-order valence-electron chi connectivity index (χ0n) is 18.9. The molecule has 0 bridgehead atoms. The van der Waals surface area contributed by atoms with E-state index in [1.807, 2.05) is 6.07 Å². The number of sulfonamides is 1. The van der Waals surface area contributed by atoms with Crippen LogP contribution in [0.5, 0.6) is 0 Å². The summed E-state index contributed by atoms with van der Waals surface area (Å²) in [4.78, 5) is 33.2. The first-order valence-electron chi connectivity index (χ1n) is 10.8. The molecule has 0 radical (unpaired) electrons. The van der Waals surface area contributed by atoms with Crippen molar-refractivity contribution in [2.75, 3.05) is 10.0 Å². The van der Waals surface area contributed by atoms with Gasteiger partial charge in [-0.3, -0.25) is 14.5 Å². The first kappa shape index (κ1) is 24.3. The number of nitrogens with zero attached hydrogens (tertiary/aromatic N) is 2.